The third kappa shape index (κ3) is 2.98. The van der Waals surface area contributed by atoms with Crippen LogP contribution in [0.5, 0.6) is 0 Å². The van der Waals surface area contributed by atoms with E-state index in [1.165, 1.54) is 0 Å². The van der Waals surface area contributed by atoms with Crippen molar-refractivity contribution in [3.63, 3.8) is 0 Å². The fourth-order valence-electron chi connectivity index (χ4n) is 2.47. The van der Waals surface area contributed by atoms with E-state index < -0.39 is 5.92 Å². The van der Waals surface area contributed by atoms with Crippen LogP contribution in [0.3, 0.4) is 0 Å². The van der Waals surface area contributed by atoms with E-state index in [4.69, 9.17) is 5.26 Å². The minimum Gasteiger partial charge on any atom is -0.339 e. The van der Waals surface area contributed by atoms with Crippen molar-refractivity contribution >= 4 is 5.91 Å². The second-order valence-electron chi connectivity index (χ2n) is 4.98. The first-order chi connectivity index (χ1) is 7.60. The molecule has 1 amide bonds. The van der Waals surface area contributed by atoms with E-state index in [1.54, 1.807) is 0 Å². The molecule has 3 nitrogen and oxygen atoms in total. The van der Waals surface area contributed by atoms with Crippen LogP contribution >= 0.6 is 0 Å². The molecule has 3 atom stereocenters. The van der Waals surface area contributed by atoms with Crippen LogP contribution in [0, 0.1) is 23.2 Å². The molecular weight excluding hydrogens is 200 g/mol. The maximum absolute atomic E-state index is 12.1. The fourth-order valence-corrected chi connectivity index (χ4v) is 2.47. The quantitative estimate of drug-likeness (QED) is 0.736. The molecule has 0 aliphatic carbocycles. The zero-order valence-electron chi connectivity index (χ0n) is 10.6. The molecule has 16 heavy (non-hydrogen) atoms. The van der Waals surface area contributed by atoms with Gasteiger partial charge in [-0.2, -0.15) is 5.26 Å². The first-order valence-electron chi connectivity index (χ1n) is 6.30. The highest BCUT2D eigenvalue weighted by atomic mass is 16.2. The highest BCUT2D eigenvalue weighted by Crippen LogP contribution is 2.24. The van der Waals surface area contributed by atoms with Crippen molar-refractivity contribution in [1.29, 1.82) is 5.26 Å². The highest BCUT2D eigenvalue weighted by Gasteiger charge is 2.30. The van der Waals surface area contributed by atoms with E-state index in [2.05, 4.69) is 19.9 Å². The number of rotatable bonds is 3. The lowest BCUT2D eigenvalue weighted by Crippen LogP contribution is -2.46. The second kappa shape index (κ2) is 5.89. The molecule has 0 aromatic carbocycles. The summed E-state index contributed by atoms with van der Waals surface area (Å²) in [5.41, 5.74) is 0. The van der Waals surface area contributed by atoms with Gasteiger partial charge in [0.2, 0.25) is 5.91 Å². The van der Waals surface area contributed by atoms with Crippen molar-refractivity contribution in [2.24, 2.45) is 11.8 Å². The minimum absolute atomic E-state index is 0.0451. The largest absolute Gasteiger partial charge is 0.339 e. The van der Waals surface area contributed by atoms with Crippen LogP contribution < -0.4 is 0 Å². The number of carbonyl (C=O) groups excluding carboxylic acids is 1. The Morgan fingerprint density at radius 3 is 2.75 bits per heavy atom. The van der Waals surface area contributed by atoms with Gasteiger partial charge in [-0.1, -0.05) is 20.3 Å². The first kappa shape index (κ1) is 13.0. The van der Waals surface area contributed by atoms with Gasteiger partial charge >= 0.3 is 0 Å². The Balaban J connectivity index is 2.62. The smallest absolute Gasteiger partial charge is 0.240 e. The van der Waals surface area contributed by atoms with Gasteiger partial charge in [-0.25, -0.2) is 0 Å². The molecular formula is C13H22N2O. The lowest BCUT2D eigenvalue weighted by molar-refractivity contribution is -0.137. The van der Waals surface area contributed by atoms with Crippen LogP contribution in [0.2, 0.25) is 0 Å². The van der Waals surface area contributed by atoms with Crippen molar-refractivity contribution in [1.82, 2.24) is 4.90 Å². The van der Waals surface area contributed by atoms with Gasteiger partial charge in [0, 0.05) is 12.6 Å². The summed E-state index contributed by atoms with van der Waals surface area (Å²) in [5, 5.41) is 9.00. The third-order valence-electron chi connectivity index (χ3n) is 3.45. The van der Waals surface area contributed by atoms with Crippen molar-refractivity contribution in [2.75, 3.05) is 6.54 Å². The number of nitriles is 1. The van der Waals surface area contributed by atoms with Gasteiger partial charge < -0.3 is 4.90 Å². The molecule has 1 aliphatic heterocycles. The van der Waals surface area contributed by atoms with Crippen LogP contribution in [-0.2, 0) is 4.79 Å². The van der Waals surface area contributed by atoms with E-state index in [9.17, 15) is 4.79 Å². The van der Waals surface area contributed by atoms with Crippen LogP contribution in [0.1, 0.15) is 46.5 Å². The average molecular weight is 222 g/mol. The summed E-state index contributed by atoms with van der Waals surface area (Å²) >= 11 is 0. The predicted octanol–water partition coefficient (Wildman–Crippen LogP) is 2.57. The molecule has 1 rings (SSSR count). The van der Waals surface area contributed by atoms with Crippen LogP contribution in [0.15, 0.2) is 0 Å². The number of piperidine rings is 1. The Morgan fingerprint density at radius 1 is 1.56 bits per heavy atom. The molecule has 0 aromatic rings. The van der Waals surface area contributed by atoms with Gasteiger partial charge in [0.1, 0.15) is 5.92 Å². The number of amides is 1. The molecule has 0 radical (unpaired) electrons. The zero-order chi connectivity index (χ0) is 12.1. The molecule has 1 fully saturated rings. The van der Waals surface area contributed by atoms with Crippen LogP contribution in [0.4, 0.5) is 0 Å². The third-order valence-corrected chi connectivity index (χ3v) is 3.45. The van der Waals surface area contributed by atoms with Gasteiger partial charge in [0.25, 0.3) is 0 Å². The van der Waals surface area contributed by atoms with E-state index >= 15 is 0 Å². The Morgan fingerprint density at radius 2 is 2.25 bits per heavy atom. The number of likely N-dealkylation sites (tertiary alicyclic amines) is 1. The first-order valence-corrected chi connectivity index (χ1v) is 6.30. The Labute approximate surface area is 98.4 Å². The molecule has 1 aliphatic rings. The summed E-state index contributed by atoms with van der Waals surface area (Å²) in [6.45, 7) is 7.16. The Bertz CT molecular complexity index is 282. The molecule has 3 heteroatoms. The Kier molecular flexibility index (Phi) is 4.79. The van der Waals surface area contributed by atoms with Crippen molar-refractivity contribution in [2.45, 2.75) is 52.5 Å². The minimum atomic E-state index is -0.430. The predicted molar refractivity (Wildman–Crippen MR) is 63.6 cm³/mol. The number of carbonyl (C=O) groups is 1. The summed E-state index contributed by atoms with van der Waals surface area (Å²) in [4.78, 5) is 14.0. The number of hydrogen-bond donors (Lipinski definition) is 0. The molecule has 3 unspecified atom stereocenters. The molecule has 1 saturated heterocycles. The standard InChI is InChI=1S/C13H22N2O/c1-4-5-12(9-14)13(16)15-7-6-10(2)8-11(15)3/h10-12H,4-8H2,1-3H3. The second-order valence-corrected chi connectivity index (χ2v) is 4.98. The van der Waals surface area contributed by atoms with Gasteiger partial charge in [-0.05, 0) is 32.1 Å². The van der Waals surface area contributed by atoms with E-state index in [0.29, 0.717) is 18.4 Å². The van der Waals surface area contributed by atoms with E-state index in [0.717, 1.165) is 25.8 Å². The molecule has 0 N–H and O–H groups in total. The molecule has 0 spiro atoms. The summed E-state index contributed by atoms with van der Waals surface area (Å²) in [7, 11) is 0. The van der Waals surface area contributed by atoms with E-state index in [1.807, 2.05) is 11.8 Å². The molecule has 1 heterocycles. The van der Waals surface area contributed by atoms with Gasteiger partial charge in [-0.3, -0.25) is 4.79 Å². The summed E-state index contributed by atoms with van der Waals surface area (Å²) in [6.07, 6.45) is 3.72. The SMILES string of the molecule is CCCC(C#N)C(=O)N1CCC(C)CC1C. The average Bonchev–Trinajstić information content (AvgIpc) is 2.25. The zero-order valence-corrected chi connectivity index (χ0v) is 10.6. The Hall–Kier alpha value is -1.04. The monoisotopic (exact) mass is 222 g/mol. The molecule has 0 saturated carbocycles. The van der Waals surface area contributed by atoms with Crippen molar-refractivity contribution in [3.05, 3.63) is 0 Å². The number of nitrogens with zero attached hydrogens (tertiary/aromatic N) is 2. The van der Waals surface area contributed by atoms with Gasteiger partial charge in [0.15, 0.2) is 0 Å². The van der Waals surface area contributed by atoms with Gasteiger partial charge in [0.05, 0.1) is 6.07 Å². The highest BCUT2D eigenvalue weighted by molar-refractivity contribution is 5.81. The maximum Gasteiger partial charge on any atom is 0.240 e. The molecule has 90 valence electrons. The number of hydrogen-bond acceptors (Lipinski definition) is 2. The summed E-state index contributed by atoms with van der Waals surface area (Å²) < 4.78 is 0. The van der Waals surface area contributed by atoms with Crippen molar-refractivity contribution in [3.8, 4) is 6.07 Å². The van der Waals surface area contributed by atoms with Crippen LogP contribution in [-0.4, -0.2) is 23.4 Å². The van der Waals surface area contributed by atoms with E-state index in [-0.39, 0.29) is 5.91 Å². The van der Waals surface area contributed by atoms with Gasteiger partial charge in [-0.15, -0.1) is 0 Å². The normalized spacial score (nSPS) is 27.2. The van der Waals surface area contributed by atoms with Crippen LogP contribution in [0.25, 0.3) is 0 Å². The topological polar surface area (TPSA) is 44.1 Å². The lowest BCUT2D eigenvalue weighted by atomic mass is 9.91. The molecule has 0 aromatic heterocycles. The fraction of sp³-hybridized carbons (Fsp3) is 0.846. The molecule has 0 bridgehead atoms. The summed E-state index contributed by atoms with van der Waals surface area (Å²) in [5.74, 6) is 0.315. The van der Waals surface area contributed by atoms with Crippen molar-refractivity contribution < 1.29 is 4.79 Å². The maximum atomic E-state index is 12.1. The lowest BCUT2D eigenvalue weighted by Gasteiger charge is -2.37. The summed E-state index contributed by atoms with van der Waals surface area (Å²) in [6, 6.07) is 2.44.